The van der Waals surface area contributed by atoms with E-state index < -0.39 is 0 Å². The normalized spacial score (nSPS) is 19.8. The van der Waals surface area contributed by atoms with Crippen LogP contribution >= 0.6 is 22.6 Å². The molecule has 1 fully saturated rings. The molecule has 1 N–H and O–H groups in total. The summed E-state index contributed by atoms with van der Waals surface area (Å²) in [6.07, 6.45) is -0.196. The first-order chi connectivity index (χ1) is 8.76. The summed E-state index contributed by atoms with van der Waals surface area (Å²) in [5.74, 6) is 1.44. The lowest BCUT2D eigenvalue weighted by Gasteiger charge is -2.22. The maximum atomic E-state index is 5.62. The summed E-state index contributed by atoms with van der Waals surface area (Å²) in [4.78, 5) is 8.97. The van der Waals surface area contributed by atoms with Crippen LogP contribution in [0.4, 0.5) is 5.82 Å². The molecule has 18 heavy (non-hydrogen) atoms. The zero-order valence-corrected chi connectivity index (χ0v) is 12.6. The van der Waals surface area contributed by atoms with Crippen LogP contribution in [0.15, 0.2) is 0 Å². The number of halogens is 1. The second-order valence-corrected chi connectivity index (χ2v) is 4.89. The van der Waals surface area contributed by atoms with Crippen LogP contribution < -0.4 is 5.32 Å². The quantitative estimate of drug-likeness (QED) is 0.813. The summed E-state index contributed by atoms with van der Waals surface area (Å²) in [5.41, 5.74) is 0.863. The number of nitrogens with zero attached hydrogens (tertiary/aromatic N) is 2. The van der Waals surface area contributed by atoms with Crippen molar-refractivity contribution in [2.45, 2.75) is 12.7 Å². The van der Waals surface area contributed by atoms with Crippen LogP contribution in [0.25, 0.3) is 0 Å². The minimum absolute atomic E-state index is 0.196. The number of ether oxygens (including phenoxy) is 3. The van der Waals surface area contributed by atoms with Crippen LogP contribution in [0.1, 0.15) is 17.6 Å². The van der Waals surface area contributed by atoms with Crippen LogP contribution in [0, 0.1) is 3.57 Å². The molecule has 1 atom stereocenters. The summed E-state index contributed by atoms with van der Waals surface area (Å²) in [6.45, 7) is 2.16. The van der Waals surface area contributed by atoms with E-state index in [9.17, 15) is 0 Å². The minimum atomic E-state index is -0.196. The molecule has 1 aliphatic rings. The van der Waals surface area contributed by atoms with Crippen LogP contribution in [0.3, 0.4) is 0 Å². The van der Waals surface area contributed by atoms with Crippen molar-refractivity contribution in [3.8, 4) is 0 Å². The van der Waals surface area contributed by atoms with Crippen molar-refractivity contribution in [3.63, 3.8) is 0 Å². The molecule has 0 aliphatic carbocycles. The third kappa shape index (κ3) is 3.08. The average molecular weight is 365 g/mol. The van der Waals surface area contributed by atoms with Gasteiger partial charge in [0.1, 0.15) is 11.9 Å². The van der Waals surface area contributed by atoms with Gasteiger partial charge in [-0.3, -0.25) is 0 Å². The highest BCUT2D eigenvalue weighted by molar-refractivity contribution is 14.1. The van der Waals surface area contributed by atoms with Gasteiger partial charge in [-0.25, -0.2) is 9.97 Å². The highest BCUT2D eigenvalue weighted by atomic mass is 127. The predicted molar refractivity (Wildman–Crippen MR) is 74.5 cm³/mol. The lowest BCUT2D eigenvalue weighted by atomic mass is 10.3. The van der Waals surface area contributed by atoms with E-state index in [1.807, 2.05) is 7.05 Å². The summed E-state index contributed by atoms with van der Waals surface area (Å²) in [6, 6.07) is 0. The van der Waals surface area contributed by atoms with E-state index in [1.165, 1.54) is 0 Å². The Morgan fingerprint density at radius 2 is 2.28 bits per heavy atom. The largest absolute Gasteiger partial charge is 0.378 e. The van der Waals surface area contributed by atoms with E-state index >= 15 is 0 Å². The van der Waals surface area contributed by atoms with Crippen molar-refractivity contribution >= 4 is 28.4 Å². The lowest BCUT2D eigenvalue weighted by molar-refractivity contribution is -0.0936. The van der Waals surface area contributed by atoms with Crippen LogP contribution in [-0.2, 0) is 20.8 Å². The number of aromatic nitrogens is 2. The number of hydrogen-bond acceptors (Lipinski definition) is 6. The molecule has 1 aromatic heterocycles. The Labute approximate surface area is 120 Å². The number of rotatable bonds is 4. The van der Waals surface area contributed by atoms with E-state index in [0.29, 0.717) is 32.3 Å². The maximum Gasteiger partial charge on any atom is 0.162 e. The fourth-order valence-electron chi connectivity index (χ4n) is 1.69. The molecule has 1 saturated heterocycles. The van der Waals surface area contributed by atoms with E-state index in [4.69, 9.17) is 14.2 Å². The molecule has 1 aliphatic heterocycles. The first-order valence-corrected chi connectivity index (χ1v) is 6.76. The Kier molecular flexibility index (Phi) is 5.10. The first kappa shape index (κ1) is 13.9. The van der Waals surface area contributed by atoms with Gasteiger partial charge in [-0.1, -0.05) is 0 Å². The number of methoxy groups -OCH3 is 1. The molecular formula is C11H16IN3O3. The highest BCUT2D eigenvalue weighted by Gasteiger charge is 2.22. The molecule has 1 unspecified atom stereocenters. The van der Waals surface area contributed by atoms with Gasteiger partial charge >= 0.3 is 0 Å². The molecule has 100 valence electrons. The van der Waals surface area contributed by atoms with Gasteiger partial charge in [0, 0.05) is 14.2 Å². The maximum absolute atomic E-state index is 5.62. The summed E-state index contributed by atoms with van der Waals surface area (Å²) in [5, 5.41) is 3.06. The smallest absolute Gasteiger partial charge is 0.162 e. The molecule has 0 radical (unpaired) electrons. The lowest BCUT2D eigenvalue weighted by Crippen LogP contribution is -2.24. The van der Waals surface area contributed by atoms with E-state index in [-0.39, 0.29) is 6.10 Å². The molecule has 0 saturated carbocycles. The first-order valence-electron chi connectivity index (χ1n) is 5.68. The second-order valence-electron chi connectivity index (χ2n) is 3.81. The van der Waals surface area contributed by atoms with Crippen molar-refractivity contribution in [2.24, 2.45) is 0 Å². The Morgan fingerprint density at radius 1 is 1.44 bits per heavy atom. The van der Waals surface area contributed by atoms with Crippen molar-refractivity contribution < 1.29 is 14.2 Å². The van der Waals surface area contributed by atoms with Crippen LogP contribution in [0.2, 0.25) is 0 Å². The van der Waals surface area contributed by atoms with Gasteiger partial charge in [0.05, 0.1) is 35.7 Å². The van der Waals surface area contributed by atoms with Gasteiger partial charge in [0.2, 0.25) is 0 Å². The summed E-state index contributed by atoms with van der Waals surface area (Å²) >= 11 is 2.21. The molecule has 6 nitrogen and oxygen atoms in total. The fourth-order valence-corrected chi connectivity index (χ4v) is 2.36. The molecule has 0 spiro atoms. The van der Waals surface area contributed by atoms with Gasteiger partial charge in [-0.2, -0.15) is 0 Å². The number of nitrogens with one attached hydrogen (secondary N) is 1. The third-order valence-electron chi connectivity index (χ3n) is 2.56. The molecule has 0 bridgehead atoms. The number of anilines is 1. The molecule has 0 aromatic carbocycles. The Bertz CT molecular complexity index is 411. The highest BCUT2D eigenvalue weighted by Crippen LogP contribution is 2.24. The van der Waals surface area contributed by atoms with Gasteiger partial charge in [0.25, 0.3) is 0 Å². The summed E-state index contributed by atoms with van der Waals surface area (Å²) in [7, 11) is 3.49. The zero-order valence-electron chi connectivity index (χ0n) is 10.4. The monoisotopic (exact) mass is 365 g/mol. The van der Waals surface area contributed by atoms with Crippen molar-refractivity contribution in [3.05, 3.63) is 15.1 Å². The van der Waals surface area contributed by atoms with Gasteiger partial charge in [0.15, 0.2) is 5.82 Å². The fraction of sp³-hybridized carbons (Fsp3) is 0.636. The molecule has 2 rings (SSSR count). The Hall–Kier alpha value is -0.510. The molecule has 0 amide bonds. The van der Waals surface area contributed by atoms with E-state index in [0.717, 1.165) is 15.1 Å². The topological polar surface area (TPSA) is 65.5 Å². The Balaban J connectivity index is 2.31. The van der Waals surface area contributed by atoms with Crippen molar-refractivity contribution in [2.75, 3.05) is 39.3 Å². The third-order valence-corrected chi connectivity index (χ3v) is 3.69. The van der Waals surface area contributed by atoms with Gasteiger partial charge in [-0.05, 0) is 22.6 Å². The zero-order chi connectivity index (χ0) is 13.0. The standard InChI is InChI=1S/C11H16IN3O3/c1-13-11-9(12)7(5-16-2)14-10(15-11)8-6-17-3-4-18-8/h8H,3-6H2,1-2H3,(H,13,14,15). The molecule has 1 aromatic rings. The minimum Gasteiger partial charge on any atom is -0.378 e. The molecule has 2 heterocycles. The van der Waals surface area contributed by atoms with Gasteiger partial charge in [-0.15, -0.1) is 0 Å². The van der Waals surface area contributed by atoms with Gasteiger partial charge < -0.3 is 19.5 Å². The second kappa shape index (κ2) is 6.60. The van der Waals surface area contributed by atoms with E-state index in [2.05, 4.69) is 37.9 Å². The predicted octanol–water partition coefficient (Wildman–Crippen LogP) is 1.36. The molecule has 7 heteroatoms. The van der Waals surface area contributed by atoms with E-state index in [1.54, 1.807) is 7.11 Å². The molecular weight excluding hydrogens is 349 g/mol. The average Bonchev–Trinajstić information content (AvgIpc) is 2.42. The van der Waals surface area contributed by atoms with Crippen LogP contribution in [0.5, 0.6) is 0 Å². The Morgan fingerprint density at radius 3 is 2.89 bits per heavy atom. The van der Waals surface area contributed by atoms with Crippen molar-refractivity contribution in [1.29, 1.82) is 0 Å². The van der Waals surface area contributed by atoms with Crippen LogP contribution in [-0.4, -0.2) is 43.9 Å². The number of hydrogen-bond donors (Lipinski definition) is 1. The SMILES string of the molecule is CNc1nc(C2COCCO2)nc(COC)c1I. The van der Waals surface area contributed by atoms with Crippen molar-refractivity contribution in [1.82, 2.24) is 9.97 Å². The summed E-state index contributed by atoms with van der Waals surface area (Å²) < 4.78 is 17.1.